The van der Waals surface area contributed by atoms with E-state index in [0.717, 1.165) is 36.6 Å². The van der Waals surface area contributed by atoms with Crippen molar-refractivity contribution in [2.75, 3.05) is 31.6 Å². The molecule has 1 heterocycles. The lowest BCUT2D eigenvalue weighted by Crippen LogP contribution is -2.54. The highest BCUT2D eigenvalue weighted by atomic mass is 19.2. The van der Waals surface area contributed by atoms with Gasteiger partial charge in [-0.05, 0) is 56.2 Å². The topological polar surface area (TPSA) is 91.0 Å². The van der Waals surface area contributed by atoms with Crippen molar-refractivity contribution >= 4 is 23.7 Å². The highest BCUT2D eigenvalue weighted by molar-refractivity contribution is 6.00. The minimum absolute atomic E-state index is 0.0755. The van der Waals surface area contributed by atoms with Crippen LogP contribution < -0.4 is 15.5 Å². The van der Waals surface area contributed by atoms with Crippen LogP contribution in [0.25, 0.3) is 0 Å². The van der Waals surface area contributed by atoms with E-state index in [2.05, 4.69) is 22.8 Å². The second kappa shape index (κ2) is 12.1. The van der Waals surface area contributed by atoms with Crippen molar-refractivity contribution < 1.29 is 27.9 Å². The van der Waals surface area contributed by atoms with Crippen molar-refractivity contribution in [1.82, 2.24) is 15.5 Å². The molecule has 4 rings (SSSR count). The van der Waals surface area contributed by atoms with Crippen LogP contribution in [-0.4, -0.2) is 55.7 Å². The number of hydrogen-bond acceptors (Lipinski definition) is 5. The Morgan fingerprint density at radius 1 is 1.08 bits per heavy atom. The zero-order chi connectivity index (χ0) is 27.2. The summed E-state index contributed by atoms with van der Waals surface area (Å²) in [4.78, 5) is 40.1. The van der Waals surface area contributed by atoms with E-state index in [-0.39, 0.29) is 24.7 Å². The number of ether oxygens (including phenoxy) is 1. The van der Waals surface area contributed by atoms with Crippen molar-refractivity contribution in [3.8, 4) is 0 Å². The van der Waals surface area contributed by atoms with Gasteiger partial charge in [-0.25, -0.2) is 28.1 Å². The quantitative estimate of drug-likeness (QED) is 0.512. The Morgan fingerprint density at radius 3 is 2.45 bits per heavy atom. The van der Waals surface area contributed by atoms with Gasteiger partial charge in [-0.2, -0.15) is 0 Å². The molecule has 10 heteroatoms. The largest absolute Gasteiger partial charge is 0.466 e. The van der Waals surface area contributed by atoms with Crippen LogP contribution >= 0.6 is 0 Å². The standard InChI is InChI=1S/C28H32F2N4O4/c1-18-23(26(35)38-2)17-34(28(37)32-18)27(36)31-14-15-33(22-12-13-24(29)25(30)16-22)21-10-8-20(9-11-21)19-6-4-3-5-7-19/h3-7,12-13,16,20-21H,8-11,14-15,17H2,1-2H3,(H,31,36)(H,32,37). The SMILES string of the molecule is COC(=O)C1=C(C)NC(=O)N(C(=O)NCCN(c2ccc(F)c(F)c2)C2CCC(c3ccccc3)CC2)C1. The first-order chi connectivity index (χ1) is 18.3. The fourth-order valence-electron chi connectivity index (χ4n) is 5.17. The maximum absolute atomic E-state index is 14.1. The minimum Gasteiger partial charge on any atom is -0.466 e. The first-order valence-electron chi connectivity index (χ1n) is 12.7. The molecule has 202 valence electrons. The smallest absolute Gasteiger partial charge is 0.337 e. The number of benzene rings is 2. The lowest BCUT2D eigenvalue weighted by molar-refractivity contribution is -0.136. The molecule has 0 spiro atoms. The van der Waals surface area contributed by atoms with E-state index >= 15 is 0 Å². The number of hydrogen-bond donors (Lipinski definition) is 2. The molecule has 1 saturated carbocycles. The summed E-state index contributed by atoms with van der Waals surface area (Å²) in [6.45, 7) is 1.82. The van der Waals surface area contributed by atoms with E-state index < -0.39 is 29.7 Å². The number of rotatable bonds is 7. The van der Waals surface area contributed by atoms with Crippen LogP contribution in [0.3, 0.4) is 0 Å². The van der Waals surface area contributed by atoms with Crippen LogP contribution in [0.4, 0.5) is 24.1 Å². The number of anilines is 1. The molecule has 2 aliphatic rings. The highest BCUT2D eigenvalue weighted by Crippen LogP contribution is 2.36. The monoisotopic (exact) mass is 526 g/mol. The average molecular weight is 527 g/mol. The van der Waals surface area contributed by atoms with E-state index in [9.17, 15) is 23.2 Å². The van der Waals surface area contributed by atoms with E-state index in [1.54, 1.807) is 6.92 Å². The molecule has 0 atom stereocenters. The molecule has 2 aromatic carbocycles. The van der Waals surface area contributed by atoms with Gasteiger partial charge in [0.25, 0.3) is 0 Å². The van der Waals surface area contributed by atoms with Crippen LogP contribution in [0.2, 0.25) is 0 Å². The van der Waals surface area contributed by atoms with Gasteiger partial charge >= 0.3 is 18.0 Å². The number of carbonyl (C=O) groups excluding carboxylic acids is 3. The molecule has 8 nitrogen and oxygen atoms in total. The molecule has 0 bridgehead atoms. The van der Waals surface area contributed by atoms with E-state index in [4.69, 9.17) is 4.74 Å². The van der Waals surface area contributed by atoms with Crippen LogP contribution in [0.1, 0.15) is 44.1 Å². The first kappa shape index (κ1) is 27.1. The van der Waals surface area contributed by atoms with Crippen LogP contribution in [0.15, 0.2) is 59.8 Å². The van der Waals surface area contributed by atoms with Crippen molar-refractivity contribution in [3.05, 3.63) is 77.0 Å². The maximum Gasteiger partial charge on any atom is 0.337 e. The average Bonchev–Trinajstić information content (AvgIpc) is 2.93. The molecule has 0 aromatic heterocycles. The van der Waals surface area contributed by atoms with Gasteiger partial charge in [0.05, 0.1) is 19.2 Å². The number of esters is 1. The molecular weight excluding hydrogens is 494 g/mol. The Bertz CT molecular complexity index is 1210. The molecule has 4 amide bonds. The molecule has 1 aliphatic heterocycles. The van der Waals surface area contributed by atoms with Gasteiger partial charge in [0.15, 0.2) is 11.6 Å². The van der Waals surface area contributed by atoms with Crippen molar-refractivity contribution in [1.29, 1.82) is 0 Å². The van der Waals surface area contributed by atoms with Gasteiger partial charge in [0.1, 0.15) is 0 Å². The summed E-state index contributed by atoms with van der Waals surface area (Å²) in [5, 5.41) is 5.22. The first-order valence-corrected chi connectivity index (χ1v) is 12.7. The molecule has 1 aliphatic carbocycles. The van der Waals surface area contributed by atoms with E-state index in [1.165, 1.54) is 24.8 Å². The molecule has 2 N–H and O–H groups in total. The third-order valence-corrected chi connectivity index (χ3v) is 7.26. The Kier molecular flexibility index (Phi) is 8.60. The summed E-state index contributed by atoms with van der Waals surface area (Å²) in [6.07, 6.45) is 3.62. The summed E-state index contributed by atoms with van der Waals surface area (Å²) in [6, 6.07) is 12.9. The summed E-state index contributed by atoms with van der Waals surface area (Å²) in [7, 11) is 1.23. The summed E-state index contributed by atoms with van der Waals surface area (Å²) >= 11 is 0. The summed E-state index contributed by atoms with van der Waals surface area (Å²) in [5.41, 5.74) is 2.35. The lowest BCUT2D eigenvalue weighted by atomic mass is 9.81. The fraction of sp³-hybridized carbons (Fsp3) is 0.393. The normalized spacial score (nSPS) is 19.6. The fourth-order valence-corrected chi connectivity index (χ4v) is 5.17. The molecule has 1 fully saturated rings. The number of nitrogens with one attached hydrogen (secondary N) is 2. The number of amides is 4. The Hall–Kier alpha value is -3.95. The van der Waals surface area contributed by atoms with Crippen LogP contribution in [0.5, 0.6) is 0 Å². The van der Waals surface area contributed by atoms with Crippen LogP contribution in [-0.2, 0) is 9.53 Å². The van der Waals surface area contributed by atoms with Crippen molar-refractivity contribution in [3.63, 3.8) is 0 Å². The highest BCUT2D eigenvalue weighted by Gasteiger charge is 2.32. The Balaban J connectivity index is 1.42. The van der Waals surface area contributed by atoms with E-state index in [0.29, 0.717) is 23.8 Å². The maximum atomic E-state index is 14.1. The molecule has 0 saturated heterocycles. The predicted molar refractivity (Wildman–Crippen MR) is 138 cm³/mol. The summed E-state index contributed by atoms with van der Waals surface area (Å²) in [5.74, 6) is -2.04. The number of methoxy groups -OCH3 is 1. The zero-order valence-electron chi connectivity index (χ0n) is 21.5. The minimum atomic E-state index is -0.933. The second-order valence-corrected chi connectivity index (χ2v) is 9.55. The third-order valence-electron chi connectivity index (χ3n) is 7.26. The number of nitrogens with zero attached hydrogens (tertiary/aromatic N) is 2. The number of allylic oxidation sites excluding steroid dienone is 1. The van der Waals surface area contributed by atoms with Crippen LogP contribution in [0, 0.1) is 11.6 Å². The van der Waals surface area contributed by atoms with Gasteiger partial charge in [-0.15, -0.1) is 0 Å². The van der Waals surface area contributed by atoms with Crippen molar-refractivity contribution in [2.24, 2.45) is 0 Å². The number of imide groups is 1. The predicted octanol–water partition coefficient (Wildman–Crippen LogP) is 4.68. The second-order valence-electron chi connectivity index (χ2n) is 9.55. The summed E-state index contributed by atoms with van der Waals surface area (Å²) < 4.78 is 32.5. The number of urea groups is 2. The third kappa shape index (κ3) is 6.12. The van der Waals surface area contributed by atoms with Crippen molar-refractivity contribution in [2.45, 2.75) is 44.6 Å². The number of halogens is 2. The molecular formula is C28H32F2N4O4. The molecule has 0 radical (unpaired) electrons. The number of carbonyl (C=O) groups is 3. The zero-order valence-corrected chi connectivity index (χ0v) is 21.5. The van der Waals surface area contributed by atoms with Gasteiger partial charge < -0.3 is 20.3 Å². The Labute approximate surface area is 220 Å². The molecule has 2 aromatic rings. The Morgan fingerprint density at radius 2 is 1.79 bits per heavy atom. The van der Waals surface area contributed by atoms with Gasteiger partial charge in [0, 0.05) is 36.6 Å². The van der Waals surface area contributed by atoms with Gasteiger partial charge in [-0.3, -0.25) is 0 Å². The van der Waals surface area contributed by atoms with E-state index in [1.807, 2.05) is 23.1 Å². The molecule has 38 heavy (non-hydrogen) atoms. The van der Waals surface area contributed by atoms with Gasteiger partial charge in [0.2, 0.25) is 0 Å². The lowest BCUT2D eigenvalue weighted by Gasteiger charge is -2.39. The molecule has 0 unspecified atom stereocenters. The van der Waals surface area contributed by atoms with Gasteiger partial charge in [-0.1, -0.05) is 30.3 Å².